The summed E-state index contributed by atoms with van der Waals surface area (Å²) in [5.74, 6) is 0.280. The van der Waals surface area contributed by atoms with Crippen molar-refractivity contribution in [2.75, 3.05) is 20.3 Å². The Labute approximate surface area is 99.2 Å². The predicted molar refractivity (Wildman–Crippen MR) is 69.1 cm³/mol. The second kappa shape index (κ2) is 8.48. The summed E-state index contributed by atoms with van der Waals surface area (Å²) in [4.78, 5) is 4.17. The Kier molecular flexibility index (Phi) is 8.12. The van der Waals surface area contributed by atoms with E-state index in [1.807, 2.05) is 0 Å². The van der Waals surface area contributed by atoms with E-state index in [9.17, 15) is 0 Å². The number of aliphatic hydroxyl groups is 1. The zero-order chi connectivity index (χ0) is 12.6. The number of hydrogen-bond acceptors (Lipinski definition) is 3. The number of ether oxygens (including phenoxy) is 1. The van der Waals surface area contributed by atoms with Crippen LogP contribution in [0.15, 0.2) is 16.1 Å². The normalized spacial score (nSPS) is 14.3. The molecule has 0 rings (SSSR count). The van der Waals surface area contributed by atoms with Crippen LogP contribution < -0.4 is 0 Å². The number of nitrogens with zero attached hydrogens (tertiary/aromatic N) is 1. The van der Waals surface area contributed by atoms with Crippen LogP contribution in [0.4, 0.5) is 0 Å². The molecule has 0 heterocycles. The zero-order valence-corrected chi connectivity index (χ0v) is 11.0. The first-order chi connectivity index (χ1) is 7.58. The Balaban J connectivity index is 4.71. The molecule has 0 aliphatic heterocycles. The Hall–Kier alpha value is -0.670. The van der Waals surface area contributed by atoms with E-state index in [0.29, 0.717) is 6.61 Å². The van der Waals surface area contributed by atoms with Crippen LogP contribution in [0.5, 0.6) is 0 Å². The second-order valence-corrected chi connectivity index (χ2v) is 4.33. The van der Waals surface area contributed by atoms with Gasteiger partial charge in [0, 0.05) is 26.2 Å². The summed E-state index contributed by atoms with van der Waals surface area (Å²) in [6.07, 6.45) is 1.60. The first kappa shape index (κ1) is 15.3. The summed E-state index contributed by atoms with van der Waals surface area (Å²) in [5.41, 5.74) is 2.60. The van der Waals surface area contributed by atoms with Crippen molar-refractivity contribution in [3.8, 4) is 0 Å². The molecular formula is C13H25NO2. The van der Waals surface area contributed by atoms with Gasteiger partial charge in [0.25, 0.3) is 0 Å². The third-order valence-corrected chi connectivity index (χ3v) is 3.10. The monoisotopic (exact) mass is 227 g/mol. The molecule has 0 spiro atoms. The lowest BCUT2D eigenvalue weighted by atomic mass is 9.86. The minimum absolute atomic E-state index is 0.141. The van der Waals surface area contributed by atoms with Crippen LogP contribution >= 0.6 is 0 Å². The van der Waals surface area contributed by atoms with E-state index in [2.05, 4.69) is 32.5 Å². The van der Waals surface area contributed by atoms with E-state index >= 15 is 0 Å². The lowest BCUT2D eigenvalue weighted by Crippen LogP contribution is -2.23. The molecule has 0 fully saturated rings. The van der Waals surface area contributed by atoms with Gasteiger partial charge in [-0.05, 0) is 40.3 Å². The third-order valence-electron chi connectivity index (χ3n) is 3.10. The fourth-order valence-corrected chi connectivity index (χ4v) is 1.87. The highest BCUT2D eigenvalue weighted by molar-refractivity contribution is 5.26. The summed E-state index contributed by atoms with van der Waals surface area (Å²) in [5, 5.41) is 9.12. The highest BCUT2D eigenvalue weighted by Crippen LogP contribution is 2.25. The SMILES string of the molecule is C=NC(CCOC)C(CCO)C(C)=C(C)C. The number of rotatable bonds is 8. The minimum atomic E-state index is 0.141. The highest BCUT2D eigenvalue weighted by Gasteiger charge is 2.21. The van der Waals surface area contributed by atoms with Gasteiger partial charge in [-0.25, -0.2) is 0 Å². The van der Waals surface area contributed by atoms with Gasteiger partial charge in [-0.2, -0.15) is 0 Å². The van der Waals surface area contributed by atoms with E-state index in [1.165, 1.54) is 11.1 Å². The van der Waals surface area contributed by atoms with Crippen molar-refractivity contribution < 1.29 is 9.84 Å². The predicted octanol–water partition coefficient (Wildman–Crippen LogP) is 2.45. The molecule has 3 nitrogen and oxygen atoms in total. The topological polar surface area (TPSA) is 41.8 Å². The number of methoxy groups -OCH3 is 1. The molecule has 0 radical (unpaired) electrons. The second-order valence-electron chi connectivity index (χ2n) is 4.33. The molecule has 0 bridgehead atoms. The van der Waals surface area contributed by atoms with Crippen LogP contribution in [-0.4, -0.2) is 38.2 Å². The average molecular weight is 227 g/mol. The van der Waals surface area contributed by atoms with Gasteiger partial charge < -0.3 is 9.84 Å². The maximum absolute atomic E-state index is 9.12. The van der Waals surface area contributed by atoms with Crippen molar-refractivity contribution in [2.24, 2.45) is 10.9 Å². The maximum atomic E-state index is 9.12. The van der Waals surface area contributed by atoms with Crippen LogP contribution in [0.3, 0.4) is 0 Å². The molecule has 0 aliphatic carbocycles. The van der Waals surface area contributed by atoms with Gasteiger partial charge in [-0.15, -0.1) is 0 Å². The van der Waals surface area contributed by atoms with Crippen LogP contribution in [-0.2, 0) is 4.74 Å². The fourth-order valence-electron chi connectivity index (χ4n) is 1.87. The summed E-state index contributed by atoms with van der Waals surface area (Å²) in [6, 6.07) is 0.141. The van der Waals surface area contributed by atoms with Crippen LogP contribution in [0.25, 0.3) is 0 Å². The van der Waals surface area contributed by atoms with Crippen LogP contribution in [0.2, 0.25) is 0 Å². The van der Waals surface area contributed by atoms with Crippen molar-refractivity contribution in [1.29, 1.82) is 0 Å². The van der Waals surface area contributed by atoms with E-state index in [0.717, 1.165) is 12.8 Å². The van der Waals surface area contributed by atoms with Gasteiger partial charge in [0.15, 0.2) is 0 Å². The van der Waals surface area contributed by atoms with E-state index in [4.69, 9.17) is 9.84 Å². The maximum Gasteiger partial charge on any atom is 0.0580 e. The van der Waals surface area contributed by atoms with E-state index in [-0.39, 0.29) is 18.6 Å². The molecule has 1 N–H and O–H groups in total. The minimum Gasteiger partial charge on any atom is -0.396 e. The fraction of sp³-hybridized carbons (Fsp3) is 0.769. The largest absolute Gasteiger partial charge is 0.396 e. The molecule has 2 atom stereocenters. The number of aliphatic hydroxyl groups excluding tert-OH is 1. The van der Waals surface area contributed by atoms with E-state index < -0.39 is 0 Å². The zero-order valence-electron chi connectivity index (χ0n) is 11.0. The highest BCUT2D eigenvalue weighted by atomic mass is 16.5. The molecular weight excluding hydrogens is 202 g/mol. The number of hydrogen-bond donors (Lipinski definition) is 1. The molecule has 0 aromatic carbocycles. The summed E-state index contributed by atoms with van der Waals surface area (Å²) in [6.45, 7) is 10.8. The standard InChI is InChI=1S/C13H25NO2/c1-10(2)11(3)12(6-8-15)13(14-4)7-9-16-5/h12-13,15H,4,6-9H2,1-3,5H3. The Morgan fingerprint density at radius 3 is 2.31 bits per heavy atom. The molecule has 0 aromatic heterocycles. The van der Waals surface area contributed by atoms with Gasteiger partial charge in [-0.1, -0.05) is 11.1 Å². The van der Waals surface area contributed by atoms with Gasteiger partial charge >= 0.3 is 0 Å². The van der Waals surface area contributed by atoms with Crippen LogP contribution in [0.1, 0.15) is 33.6 Å². The van der Waals surface area contributed by atoms with Crippen LogP contribution in [0, 0.1) is 5.92 Å². The summed E-state index contributed by atoms with van der Waals surface area (Å²) >= 11 is 0. The first-order valence-electron chi connectivity index (χ1n) is 5.78. The van der Waals surface area contributed by atoms with Crippen molar-refractivity contribution in [3.63, 3.8) is 0 Å². The summed E-state index contributed by atoms with van der Waals surface area (Å²) < 4.78 is 5.08. The van der Waals surface area contributed by atoms with Crippen molar-refractivity contribution >= 4 is 6.72 Å². The Bertz CT molecular complexity index is 232. The van der Waals surface area contributed by atoms with Gasteiger partial charge in [0.05, 0.1) is 6.04 Å². The smallest absolute Gasteiger partial charge is 0.0580 e. The molecule has 94 valence electrons. The van der Waals surface area contributed by atoms with Crippen molar-refractivity contribution in [2.45, 2.75) is 39.7 Å². The quantitative estimate of drug-likeness (QED) is 0.511. The molecule has 2 unspecified atom stereocenters. The molecule has 0 amide bonds. The molecule has 0 saturated carbocycles. The molecule has 3 heteroatoms. The average Bonchev–Trinajstić information content (AvgIpc) is 2.27. The lowest BCUT2D eigenvalue weighted by molar-refractivity contribution is 0.176. The van der Waals surface area contributed by atoms with Gasteiger partial charge in [0.2, 0.25) is 0 Å². The molecule has 0 saturated heterocycles. The summed E-state index contributed by atoms with van der Waals surface area (Å²) in [7, 11) is 1.69. The van der Waals surface area contributed by atoms with E-state index in [1.54, 1.807) is 7.11 Å². The van der Waals surface area contributed by atoms with Crippen molar-refractivity contribution in [1.82, 2.24) is 0 Å². The van der Waals surface area contributed by atoms with Gasteiger partial charge in [-0.3, -0.25) is 4.99 Å². The third kappa shape index (κ3) is 4.90. The number of aliphatic imine (C=N–C) groups is 1. The molecule has 0 aromatic rings. The molecule has 16 heavy (non-hydrogen) atoms. The Morgan fingerprint density at radius 1 is 1.31 bits per heavy atom. The number of allylic oxidation sites excluding steroid dienone is 1. The Morgan fingerprint density at radius 2 is 1.94 bits per heavy atom. The van der Waals surface area contributed by atoms with Crippen molar-refractivity contribution in [3.05, 3.63) is 11.1 Å². The molecule has 0 aliphatic rings. The first-order valence-corrected chi connectivity index (χ1v) is 5.78. The van der Waals surface area contributed by atoms with Gasteiger partial charge in [0.1, 0.15) is 0 Å². The lowest BCUT2D eigenvalue weighted by Gasteiger charge is -2.25.